The van der Waals surface area contributed by atoms with Gasteiger partial charge in [-0.25, -0.2) is 4.39 Å². The number of nitrogens with two attached hydrogens (primary N) is 1. The molecule has 1 aliphatic carbocycles. The van der Waals surface area contributed by atoms with Gasteiger partial charge in [-0.3, -0.25) is 0 Å². The van der Waals surface area contributed by atoms with Gasteiger partial charge in [-0.15, -0.1) is 12.4 Å². The molecule has 0 heterocycles. The summed E-state index contributed by atoms with van der Waals surface area (Å²) < 4.78 is 13.0. The van der Waals surface area contributed by atoms with Gasteiger partial charge in [0, 0.05) is 11.6 Å². The summed E-state index contributed by atoms with van der Waals surface area (Å²) in [6.07, 6.45) is 2.07. The van der Waals surface area contributed by atoms with E-state index in [2.05, 4.69) is 0 Å². The van der Waals surface area contributed by atoms with Crippen LogP contribution < -0.4 is 5.73 Å². The third-order valence-electron chi connectivity index (χ3n) is 2.55. The fraction of sp³-hybridized carbons (Fsp3) is 0.400. The molecule has 0 aromatic heterocycles. The van der Waals surface area contributed by atoms with Crippen LogP contribution in [0.15, 0.2) is 12.1 Å². The lowest BCUT2D eigenvalue weighted by Gasteiger charge is -2.13. The molecule has 5 heteroatoms. The third-order valence-corrected chi connectivity index (χ3v) is 2.83. The maximum Gasteiger partial charge on any atom is 0.139 e. The van der Waals surface area contributed by atoms with Crippen molar-refractivity contribution in [3.8, 4) is 5.75 Å². The maximum absolute atomic E-state index is 13.0. The first kappa shape index (κ1) is 12.6. The van der Waals surface area contributed by atoms with Gasteiger partial charge in [0.15, 0.2) is 0 Å². The van der Waals surface area contributed by atoms with Gasteiger partial charge in [0.25, 0.3) is 0 Å². The molecule has 0 bridgehead atoms. The molecule has 1 atom stereocenters. The average Bonchev–Trinajstić information content (AvgIpc) is 2.93. The highest BCUT2D eigenvalue weighted by molar-refractivity contribution is 6.32. The molecule has 3 N–H and O–H groups in total. The van der Waals surface area contributed by atoms with Gasteiger partial charge in [0.2, 0.25) is 0 Å². The lowest BCUT2D eigenvalue weighted by Crippen LogP contribution is -2.12. The quantitative estimate of drug-likeness (QED) is 0.849. The van der Waals surface area contributed by atoms with Crippen LogP contribution in [0.4, 0.5) is 4.39 Å². The number of halogens is 3. The smallest absolute Gasteiger partial charge is 0.139 e. The van der Waals surface area contributed by atoms with Crippen molar-refractivity contribution >= 4 is 24.0 Å². The molecule has 1 aromatic rings. The first-order valence-corrected chi connectivity index (χ1v) is 4.91. The molecule has 1 aliphatic rings. The van der Waals surface area contributed by atoms with Crippen LogP contribution in [0.5, 0.6) is 5.75 Å². The predicted octanol–water partition coefficient (Wildman–Crippen LogP) is 3.02. The van der Waals surface area contributed by atoms with Gasteiger partial charge in [-0.1, -0.05) is 11.6 Å². The van der Waals surface area contributed by atoms with Crippen molar-refractivity contribution in [3.05, 3.63) is 28.5 Å². The number of aromatic hydroxyl groups is 1. The number of phenols is 1. The van der Waals surface area contributed by atoms with Crippen molar-refractivity contribution in [3.63, 3.8) is 0 Å². The minimum Gasteiger partial charge on any atom is -0.506 e. The second-order valence-corrected chi connectivity index (χ2v) is 4.10. The zero-order chi connectivity index (χ0) is 10.3. The average molecular weight is 252 g/mol. The van der Waals surface area contributed by atoms with Gasteiger partial charge in [-0.05, 0) is 30.9 Å². The predicted molar refractivity (Wildman–Crippen MR) is 60.0 cm³/mol. The van der Waals surface area contributed by atoms with E-state index in [9.17, 15) is 9.50 Å². The van der Waals surface area contributed by atoms with Gasteiger partial charge >= 0.3 is 0 Å². The molecular formula is C10H12Cl2FNO. The number of benzene rings is 1. The Balaban J connectivity index is 0.00000112. The SMILES string of the molecule is Cl.N[C@H](c1cc(F)cc(Cl)c1O)C1CC1. The van der Waals surface area contributed by atoms with E-state index in [0.29, 0.717) is 11.5 Å². The van der Waals surface area contributed by atoms with Gasteiger partial charge in [0.1, 0.15) is 11.6 Å². The van der Waals surface area contributed by atoms with E-state index in [4.69, 9.17) is 17.3 Å². The molecule has 0 unspecified atom stereocenters. The van der Waals surface area contributed by atoms with Crippen molar-refractivity contribution in [1.29, 1.82) is 0 Å². The largest absolute Gasteiger partial charge is 0.506 e. The van der Waals surface area contributed by atoms with Crippen LogP contribution in [0.25, 0.3) is 0 Å². The van der Waals surface area contributed by atoms with Gasteiger partial charge in [-0.2, -0.15) is 0 Å². The normalized spacial score (nSPS) is 17.0. The number of hydrogen-bond acceptors (Lipinski definition) is 2. The van der Waals surface area contributed by atoms with Crippen molar-refractivity contribution in [1.82, 2.24) is 0 Å². The van der Waals surface area contributed by atoms with Crippen LogP contribution in [0.1, 0.15) is 24.4 Å². The second kappa shape index (κ2) is 4.56. The molecule has 0 amide bonds. The Morgan fingerprint density at radius 1 is 1.47 bits per heavy atom. The van der Waals surface area contributed by atoms with Gasteiger partial charge < -0.3 is 10.8 Å². The molecule has 0 aliphatic heterocycles. The van der Waals surface area contributed by atoms with E-state index in [1.807, 2.05) is 0 Å². The number of phenolic OH excluding ortho intramolecular Hbond substituents is 1. The minimum atomic E-state index is -0.459. The second-order valence-electron chi connectivity index (χ2n) is 3.69. The summed E-state index contributed by atoms with van der Waals surface area (Å²) in [7, 11) is 0. The molecule has 1 saturated carbocycles. The lowest BCUT2D eigenvalue weighted by atomic mass is 10.0. The highest BCUT2D eigenvalue weighted by atomic mass is 35.5. The van der Waals surface area contributed by atoms with Crippen molar-refractivity contribution in [2.45, 2.75) is 18.9 Å². The summed E-state index contributed by atoms with van der Waals surface area (Å²) in [5.41, 5.74) is 6.27. The van der Waals surface area contributed by atoms with E-state index in [1.165, 1.54) is 6.07 Å². The molecule has 1 aromatic carbocycles. The van der Waals surface area contributed by atoms with E-state index in [1.54, 1.807) is 0 Å². The van der Waals surface area contributed by atoms with Crippen LogP contribution in [-0.4, -0.2) is 5.11 Å². The highest BCUT2D eigenvalue weighted by Gasteiger charge is 2.31. The standard InChI is InChI=1S/C10H11ClFNO.ClH/c11-8-4-6(12)3-7(10(8)14)9(13)5-1-2-5;/h3-5,9,14H,1-2,13H2;1H/t9-;/m0./s1. The molecule has 15 heavy (non-hydrogen) atoms. The number of rotatable bonds is 2. The summed E-state index contributed by atoms with van der Waals surface area (Å²) in [5.74, 6) is -0.190. The summed E-state index contributed by atoms with van der Waals surface area (Å²) in [6, 6.07) is 2.03. The molecule has 0 saturated heterocycles. The third kappa shape index (κ3) is 2.54. The van der Waals surface area contributed by atoms with Crippen molar-refractivity contribution < 1.29 is 9.50 Å². The fourth-order valence-electron chi connectivity index (χ4n) is 1.55. The first-order valence-electron chi connectivity index (χ1n) is 4.53. The van der Waals surface area contributed by atoms with Crippen molar-refractivity contribution in [2.75, 3.05) is 0 Å². The first-order chi connectivity index (χ1) is 6.59. The molecule has 0 spiro atoms. The molecule has 1 fully saturated rings. The van der Waals surface area contributed by atoms with Crippen LogP contribution in [-0.2, 0) is 0 Å². The molecule has 2 nitrogen and oxygen atoms in total. The van der Waals surface area contributed by atoms with E-state index < -0.39 is 5.82 Å². The molecule has 0 radical (unpaired) electrons. The van der Waals surface area contributed by atoms with E-state index in [-0.39, 0.29) is 29.2 Å². The topological polar surface area (TPSA) is 46.2 Å². The Bertz CT molecular complexity index is 369. The number of hydrogen-bond donors (Lipinski definition) is 2. The lowest BCUT2D eigenvalue weighted by molar-refractivity contribution is 0.453. The molecular weight excluding hydrogens is 240 g/mol. The Hall–Kier alpha value is -0.510. The summed E-state index contributed by atoms with van der Waals surface area (Å²) in [6.45, 7) is 0. The summed E-state index contributed by atoms with van der Waals surface area (Å²) in [5, 5.41) is 9.61. The molecule has 84 valence electrons. The highest BCUT2D eigenvalue weighted by Crippen LogP contribution is 2.43. The van der Waals surface area contributed by atoms with Crippen LogP contribution in [0, 0.1) is 11.7 Å². The summed E-state index contributed by atoms with van der Waals surface area (Å²) in [4.78, 5) is 0. The Morgan fingerprint density at radius 2 is 2.07 bits per heavy atom. The summed E-state index contributed by atoms with van der Waals surface area (Å²) >= 11 is 5.64. The minimum absolute atomic E-state index is 0. The van der Waals surface area contributed by atoms with Crippen LogP contribution in [0.3, 0.4) is 0 Å². The van der Waals surface area contributed by atoms with Gasteiger partial charge in [0.05, 0.1) is 5.02 Å². The zero-order valence-corrected chi connectivity index (χ0v) is 9.48. The molecule has 2 rings (SSSR count). The van der Waals surface area contributed by atoms with Crippen molar-refractivity contribution in [2.24, 2.45) is 11.7 Å². The van der Waals surface area contributed by atoms with E-state index >= 15 is 0 Å². The van der Waals surface area contributed by atoms with Crippen LogP contribution >= 0.6 is 24.0 Å². The Morgan fingerprint density at radius 3 is 2.60 bits per heavy atom. The van der Waals surface area contributed by atoms with Crippen LogP contribution in [0.2, 0.25) is 5.02 Å². The fourth-order valence-corrected chi connectivity index (χ4v) is 1.76. The monoisotopic (exact) mass is 251 g/mol. The Kier molecular flexibility index (Phi) is 3.82. The Labute approximate surface area is 98.6 Å². The zero-order valence-electron chi connectivity index (χ0n) is 7.91. The van der Waals surface area contributed by atoms with E-state index in [0.717, 1.165) is 18.9 Å². The maximum atomic E-state index is 13.0.